The molecule has 4 N–H and O–H groups in total. The van der Waals surface area contributed by atoms with Crippen molar-refractivity contribution in [2.75, 3.05) is 6.54 Å². The maximum atomic E-state index is 10.7. The molecule has 3 heteroatoms. The first-order valence-electron chi connectivity index (χ1n) is 1.37. The second-order valence-electron chi connectivity index (χ2n) is 0.597. The number of rotatable bonds is 1. The van der Waals surface area contributed by atoms with Crippen LogP contribution in [0.5, 0.6) is 0 Å². The van der Waals surface area contributed by atoms with Crippen LogP contribution in [0.15, 0.2) is 12.4 Å². The van der Waals surface area contributed by atoms with Gasteiger partial charge in [0.05, 0.1) is 6.33 Å². The molecule has 0 aromatic rings. The van der Waals surface area contributed by atoms with Crippen molar-refractivity contribution in [3.8, 4) is 0 Å². The molecule has 0 saturated heterocycles. The molecular weight excluding hydrogens is 85.0 g/mol. The highest BCUT2D eigenvalue weighted by molar-refractivity contribution is 4.71. The Labute approximate surface area is 35.8 Å². The molecule has 0 radical (unpaired) electrons. The third-order valence-corrected chi connectivity index (χ3v) is 0.225. The van der Waals surface area contributed by atoms with Crippen LogP contribution in [0.25, 0.3) is 0 Å². The van der Waals surface area contributed by atoms with Gasteiger partial charge in [0, 0.05) is 6.54 Å². The smallest absolute Gasteiger partial charge is 0.0839 e. The summed E-state index contributed by atoms with van der Waals surface area (Å²) in [4.78, 5) is 0. The fraction of sp³-hybridized carbons (Fsp3) is 0.333. The van der Waals surface area contributed by atoms with E-state index in [9.17, 15) is 4.39 Å². The molecule has 0 aliphatic heterocycles. The summed E-state index contributed by atoms with van der Waals surface area (Å²) in [5.74, 6) is 0. The van der Waals surface area contributed by atoms with Gasteiger partial charge in [0.2, 0.25) is 0 Å². The Morgan fingerprint density at radius 3 is 2.17 bits per heavy atom. The molecule has 38 valence electrons. The van der Waals surface area contributed by atoms with Gasteiger partial charge in [0.15, 0.2) is 0 Å². The quantitative estimate of drug-likeness (QED) is 0.471. The van der Waals surface area contributed by atoms with Crippen LogP contribution in [-0.4, -0.2) is 12.0 Å². The highest BCUT2D eigenvalue weighted by Gasteiger charge is 1.54. The van der Waals surface area contributed by atoms with Gasteiger partial charge in [-0.25, -0.2) is 4.39 Å². The molecule has 0 rings (SSSR count). The topological polar surface area (TPSA) is 57.5 Å². The molecular formula is C3H8FNO. The van der Waals surface area contributed by atoms with Crippen LogP contribution in [0.4, 0.5) is 4.39 Å². The van der Waals surface area contributed by atoms with Crippen LogP contribution in [0.1, 0.15) is 0 Å². The molecule has 2 nitrogen and oxygen atoms in total. The third-order valence-electron chi connectivity index (χ3n) is 0.225. The van der Waals surface area contributed by atoms with E-state index in [1.165, 1.54) is 6.08 Å². The highest BCUT2D eigenvalue weighted by atomic mass is 19.1. The van der Waals surface area contributed by atoms with E-state index < -0.39 is 0 Å². The lowest BCUT2D eigenvalue weighted by atomic mass is 10.7. The summed E-state index contributed by atoms with van der Waals surface area (Å²) in [5.41, 5.74) is 4.81. The second-order valence-corrected chi connectivity index (χ2v) is 0.597. The Morgan fingerprint density at radius 1 is 1.67 bits per heavy atom. The van der Waals surface area contributed by atoms with Gasteiger partial charge in [-0.2, -0.15) is 0 Å². The zero-order chi connectivity index (χ0) is 4.12. The monoisotopic (exact) mass is 93.1 g/mol. The standard InChI is InChI=1S/C3H6FN.H2O/c4-2-1-3-5;/h1-2H,3,5H2;1H2. The Hall–Kier alpha value is -0.410. The molecule has 0 heterocycles. The van der Waals surface area contributed by atoms with Gasteiger partial charge in [-0.1, -0.05) is 0 Å². The highest BCUT2D eigenvalue weighted by Crippen LogP contribution is 1.63. The Morgan fingerprint density at radius 2 is 2.17 bits per heavy atom. The van der Waals surface area contributed by atoms with Crippen LogP contribution >= 0.6 is 0 Å². The molecule has 0 atom stereocenters. The molecule has 0 aliphatic rings. The molecule has 0 bridgehead atoms. The van der Waals surface area contributed by atoms with E-state index in [1.54, 1.807) is 0 Å². The Balaban J connectivity index is 0. The lowest BCUT2D eigenvalue weighted by molar-refractivity contribution is 0.717. The summed E-state index contributed by atoms with van der Waals surface area (Å²) in [7, 11) is 0. The summed E-state index contributed by atoms with van der Waals surface area (Å²) in [6.07, 6.45) is 1.67. The Kier molecular flexibility index (Phi) is 13.4. The normalized spacial score (nSPS) is 8.33. The molecule has 0 amide bonds. The van der Waals surface area contributed by atoms with Crippen molar-refractivity contribution >= 4 is 0 Å². The molecule has 0 spiro atoms. The summed E-state index contributed by atoms with van der Waals surface area (Å²) in [6.45, 7) is 0.288. The zero-order valence-electron chi connectivity index (χ0n) is 3.32. The van der Waals surface area contributed by atoms with E-state index in [-0.39, 0.29) is 12.0 Å². The van der Waals surface area contributed by atoms with Crippen LogP contribution in [0.3, 0.4) is 0 Å². The third kappa shape index (κ3) is 9.53. The van der Waals surface area contributed by atoms with Crippen LogP contribution < -0.4 is 5.73 Å². The maximum Gasteiger partial charge on any atom is 0.0839 e. The summed E-state index contributed by atoms with van der Waals surface area (Å²) >= 11 is 0. The predicted octanol–water partition coefficient (Wildman–Crippen LogP) is -0.396. The van der Waals surface area contributed by atoms with Crippen molar-refractivity contribution in [1.29, 1.82) is 0 Å². The average Bonchev–Trinajstić information content (AvgIpc) is 1.41. The number of nitrogens with two attached hydrogens (primary N) is 1. The largest absolute Gasteiger partial charge is 0.412 e. The molecule has 0 aromatic heterocycles. The number of halogens is 1. The van der Waals surface area contributed by atoms with Gasteiger partial charge < -0.3 is 11.2 Å². The molecule has 0 fully saturated rings. The maximum absolute atomic E-state index is 10.7. The van der Waals surface area contributed by atoms with Crippen molar-refractivity contribution in [2.45, 2.75) is 0 Å². The van der Waals surface area contributed by atoms with Crippen molar-refractivity contribution in [2.24, 2.45) is 5.73 Å². The van der Waals surface area contributed by atoms with Gasteiger partial charge >= 0.3 is 0 Å². The van der Waals surface area contributed by atoms with E-state index in [0.29, 0.717) is 6.33 Å². The van der Waals surface area contributed by atoms with Crippen LogP contribution in [-0.2, 0) is 0 Å². The van der Waals surface area contributed by atoms with Crippen molar-refractivity contribution in [3.63, 3.8) is 0 Å². The van der Waals surface area contributed by atoms with E-state index in [4.69, 9.17) is 5.73 Å². The molecule has 6 heavy (non-hydrogen) atoms. The van der Waals surface area contributed by atoms with E-state index >= 15 is 0 Å². The van der Waals surface area contributed by atoms with E-state index in [1.807, 2.05) is 0 Å². The predicted molar refractivity (Wildman–Crippen MR) is 22.9 cm³/mol. The lowest BCUT2D eigenvalue weighted by Crippen LogP contribution is -1.90. The van der Waals surface area contributed by atoms with E-state index in [2.05, 4.69) is 0 Å². The minimum atomic E-state index is 0. The van der Waals surface area contributed by atoms with Gasteiger partial charge in [-0.3, -0.25) is 0 Å². The first-order valence-corrected chi connectivity index (χ1v) is 1.37. The first kappa shape index (κ1) is 9.14. The molecule has 0 saturated carbocycles. The average molecular weight is 93.1 g/mol. The minimum absolute atomic E-state index is 0. The van der Waals surface area contributed by atoms with Crippen LogP contribution in [0, 0.1) is 0 Å². The van der Waals surface area contributed by atoms with Gasteiger partial charge in [-0.05, 0) is 6.08 Å². The van der Waals surface area contributed by atoms with Crippen molar-refractivity contribution < 1.29 is 9.87 Å². The molecule has 0 aliphatic carbocycles. The first-order chi connectivity index (χ1) is 2.41. The van der Waals surface area contributed by atoms with Gasteiger partial charge in [-0.15, -0.1) is 0 Å². The zero-order valence-corrected chi connectivity index (χ0v) is 3.32. The summed E-state index contributed by atoms with van der Waals surface area (Å²) in [6, 6.07) is 0. The van der Waals surface area contributed by atoms with Crippen LogP contribution in [0.2, 0.25) is 0 Å². The summed E-state index contributed by atoms with van der Waals surface area (Å²) < 4.78 is 10.7. The number of hydrogen-bond acceptors (Lipinski definition) is 1. The molecule has 0 unspecified atom stereocenters. The lowest BCUT2D eigenvalue weighted by Gasteiger charge is -1.64. The summed E-state index contributed by atoms with van der Waals surface area (Å²) in [5, 5.41) is 0. The van der Waals surface area contributed by atoms with E-state index in [0.717, 1.165) is 0 Å². The second kappa shape index (κ2) is 8.82. The van der Waals surface area contributed by atoms with Gasteiger partial charge in [0.1, 0.15) is 0 Å². The number of hydrogen-bond donors (Lipinski definition) is 1. The van der Waals surface area contributed by atoms with Crippen molar-refractivity contribution in [3.05, 3.63) is 12.4 Å². The fourth-order valence-corrected chi connectivity index (χ4v) is 0.0514. The fourth-order valence-electron chi connectivity index (χ4n) is 0.0514. The van der Waals surface area contributed by atoms with Crippen molar-refractivity contribution in [1.82, 2.24) is 0 Å². The van der Waals surface area contributed by atoms with Gasteiger partial charge in [0.25, 0.3) is 0 Å². The Bertz CT molecular complexity index is 37.8. The minimum Gasteiger partial charge on any atom is -0.412 e. The SMILES string of the molecule is NCC=CF.O. The molecule has 0 aromatic carbocycles.